The summed E-state index contributed by atoms with van der Waals surface area (Å²) in [6.45, 7) is 9.04. The van der Waals surface area contributed by atoms with Crippen LogP contribution in [0.1, 0.15) is 143 Å². The van der Waals surface area contributed by atoms with Crippen LogP contribution >= 0.6 is 0 Å². The predicted molar refractivity (Wildman–Crippen MR) is 161 cm³/mol. The zero-order chi connectivity index (χ0) is 27.9. The van der Waals surface area contributed by atoms with E-state index in [2.05, 4.69) is 33.9 Å². The molecule has 4 aliphatic rings. The van der Waals surface area contributed by atoms with Gasteiger partial charge in [-0.1, -0.05) is 84.1 Å². The number of carbonyl (C=O) groups is 1. The van der Waals surface area contributed by atoms with Gasteiger partial charge in [0.25, 0.3) is 0 Å². The Hall–Kier alpha value is -0.710. The van der Waals surface area contributed by atoms with Crippen molar-refractivity contribution in [2.45, 2.75) is 149 Å². The molecule has 39 heavy (non-hydrogen) atoms. The maximum absolute atomic E-state index is 12.4. The van der Waals surface area contributed by atoms with E-state index in [9.17, 15) is 9.90 Å². The molecule has 1 N–H and O–H groups in total. The van der Waals surface area contributed by atoms with Crippen LogP contribution in [0.3, 0.4) is 0 Å². The minimum absolute atomic E-state index is 0.107. The monoisotopic (exact) mass is 543 g/mol. The van der Waals surface area contributed by atoms with Gasteiger partial charge in [-0.25, -0.2) is 0 Å². The highest BCUT2D eigenvalue weighted by molar-refractivity contribution is 5.91. The number of nitrogens with zero attached hydrogens (tertiary/aromatic N) is 1. The Morgan fingerprint density at radius 3 is 2.41 bits per heavy atom. The van der Waals surface area contributed by atoms with Gasteiger partial charge >= 0.3 is 0 Å². The number of carbonyl (C=O) groups excluding carboxylic acids is 1. The lowest BCUT2D eigenvalue weighted by Gasteiger charge is -2.63. The van der Waals surface area contributed by atoms with Crippen LogP contribution in [0, 0.1) is 34.5 Å². The van der Waals surface area contributed by atoms with Crippen LogP contribution in [0.5, 0.6) is 0 Å². The summed E-state index contributed by atoms with van der Waals surface area (Å²) >= 11 is 0. The van der Waals surface area contributed by atoms with E-state index in [4.69, 9.17) is 4.84 Å². The van der Waals surface area contributed by atoms with Crippen LogP contribution in [-0.4, -0.2) is 42.3 Å². The van der Waals surface area contributed by atoms with E-state index < -0.39 is 0 Å². The number of ketones is 1. The van der Waals surface area contributed by atoms with Crippen LogP contribution < -0.4 is 0 Å². The van der Waals surface area contributed by atoms with Crippen LogP contribution in [-0.2, 0) is 9.63 Å². The molecule has 4 aliphatic carbocycles. The predicted octanol–water partition coefficient (Wildman–Crippen LogP) is 8.67. The first-order valence-electron chi connectivity index (χ1n) is 17.1. The quantitative estimate of drug-likeness (QED) is 0.166. The number of allylic oxidation sites excluding steroid dienone is 2. The van der Waals surface area contributed by atoms with Crippen molar-refractivity contribution in [3.8, 4) is 0 Å². The molecule has 0 aromatic heterocycles. The molecule has 4 nitrogen and oxygen atoms in total. The Labute approximate surface area is 240 Å². The van der Waals surface area contributed by atoms with Gasteiger partial charge in [-0.3, -0.25) is 9.63 Å². The molecule has 0 aromatic rings. The van der Waals surface area contributed by atoms with Gasteiger partial charge in [-0.05, 0) is 98.4 Å². The molecule has 0 radical (unpaired) electrons. The number of fused-ring (bicyclic) bond motifs is 5. The molecule has 4 heteroatoms. The van der Waals surface area contributed by atoms with Crippen molar-refractivity contribution < 1.29 is 14.7 Å². The van der Waals surface area contributed by atoms with E-state index >= 15 is 0 Å². The minimum atomic E-state index is -0.121. The number of aliphatic hydroxyl groups is 1. The molecule has 0 bridgehead atoms. The molecular formula is C35H61NO3. The van der Waals surface area contributed by atoms with Crippen molar-refractivity contribution in [1.29, 1.82) is 0 Å². The Morgan fingerprint density at radius 1 is 0.949 bits per heavy atom. The Morgan fingerprint density at radius 2 is 1.67 bits per heavy atom. The number of hydrogen-bond donors (Lipinski definition) is 1. The second kappa shape index (κ2) is 14.5. The SMILES string of the molecule is CCCCN(C)OCCCCCCCCCCC1CC2=CC(=O)CC[C@]2(C)C2CC[C@@]3(C)C(CCC[C@@H]3O)C12. The fraction of sp³-hybridized carbons (Fsp3) is 0.914. The standard InChI is InChI=1S/C35H61NO3/c1-5-6-23-36(4)39-24-14-12-10-8-7-9-11-13-16-27-25-28-26-29(37)19-21-34(28,2)31-20-22-35(3)30(33(27)31)17-15-18-32(35)38/h26-27,30-33,38H,5-25H2,1-4H3/t27?,30?,31?,32-,33?,34-,35-/m0/s1. The summed E-state index contributed by atoms with van der Waals surface area (Å²) in [5.74, 6) is 3.16. The average molecular weight is 544 g/mol. The van der Waals surface area contributed by atoms with Crippen molar-refractivity contribution in [3.05, 3.63) is 11.6 Å². The first-order valence-corrected chi connectivity index (χ1v) is 17.1. The van der Waals surface area contributed by atoms with E-state index in [1.807, 2.05) is 5.06 Å². The van der Waals surface area contributed by atoms with E-state index in [0.717, 1.165) is 44.8 Å². The summed E-state index contributed by atoms with van der Waals surface area (Å²) < 4.78 is 0. The molecule has 0 amide bonds. The van der Waals surface area contributed by atoms with Crippen LogP contribution in [0.2, 0.25) is 0 Å². The maximum atomic E-state index is 12.4. The zero-order valence-electron chi connectivity index (χ0n) is 26.0. The summed E-state index contributed by atoms with van der Waals surface area (Å²) in [4.78, 5) is 18.2. The molecule has 3 saturated carbocycles. The van der Waals surface area contributed by atoms with Crippen molar-refractivity contribution in [2.24, 2.45) is 34.5 Å². The van der Waals surface area contributed by atoms with Gasteiger partial charge in [0.05, 0.1) is 12.7 Å². The van der Waals surface area contributed by atoms with E-state index in [1.165, 1.54) is 102 Å². The smallest absolute Gasteiger partial charge is 0.155 e. The van der Waals surface area contributed by atoms with Crippen LogP contribution in [0.25, 0.3) is 0 Å². The molecule has 3 fully saturated rings. The molecule has 4 rings (SSSR count). The highest BCUT2D eigenvalue weighted by Crippen LogP contribution is 2.66. The molecule has 0 spiro atoms. The van der Waals surface area contributed by atoms with E-state index in [0.29, 0.717) is 23.5 Å². The van der Waals surface area contributed by atoms with Gasteiger partial charge in [-0.2, -0.15) is 5.06 Å². The lowest BCUT2D eigenvalue weighted by atomic mass is 9.42. The minimum Gasteiger partial charge on any atom is -0.393 e. The van der Waals surface area contributed by atoms with Gasteiger partial charge in [0.2, 0.25) is 0 Å². The summed E-state index contributed by atoms with van der Waals surface area (Å²) in [7, 11) is 2.05. The topological polar surface area (TPSA) is 49.8 Å². The van der Waals surface area contributed by atoms with Gasteiger partial charge < -0.3 is 5.11 Å². The fourth-order valence-electron chi connectivity index (χ4n) is 9.40. The van der Waals surface area contributed by atoms with E-state index in [1.54, 1.807) is 0 Å². The number of rotatable bonds is 15. The number of hydrogen-bond acceptors (Lipinski definition) is 4. The molecule has 0 aromatic carbocycles. The number of hydroxylamine groups is 2. The lowest BCUT2D eigenvalue weighted by Crippen LogP contribution is -2.57. The number of unbranched alkanes of at least 4 members (excludes halogenated alkanes) is 8. The van der Waals surface area contributed by atoms with E-state index in [-0.39, 0.29) is 16.9 Å². The third-order valence-electron chi connectivity index (χ3n) is 11.9. The maximum Gasteiger partial charge on any atom is 0.155 e. The number of aliphatic hydroxyl groups excluding tert-OH is 1. The first-order chi connectivity index (χ1) is 18.8. The van der Waals surface area contributed by atoms with Crippen LogP contribution in [0.4, 0.5) is 0 Å². The summed E-state index contributed by atoms with van der Waals surface area (Å²) in [5, 5.41) is 13.1. The normalized spacial score (nSPS) is 36.3. The average Bonchev–Trinajstić information content (AvgIpc) is 2.91. The molecule has 0 saturated heterocycles. The summed E-state index contributed by atoms with van der Waals surface area (Å²) in [6, 6.07) is 0. The van der Waals surface area contributed by atoms with Crippen molar-refractivity contribution in [2.75, 3.05) is 20.2 Å². The molecule has 0 aliphatic heterocycles. The molecule has 7 atom stereocenters. The second-order valence-electron chi connectivity index (χ2n) is 14.5. The lowest BCUT2D eigenvalue weighted by molar-refractivity contribution is -0.148. The van der Waals surface area contributed by atoms with Gasteiger partial charge in [0.1, 0.15) is 0 Å². The summed E-state index contributed by atoms with van der Waals surface area (Å²) in [6.07, 6.45) is 25.1. The Kier molecular flexibility index (Phi) is 11.6. The third kappa shape index (κ3) is 7.39. The second-order valence-corrected chi connectivity index (χ2v) is 14.5. The fourth-order valence-corrected chi connectivity index (χ4v) is 9.40. The highest BCUT2D eigenvalue weighted by Gasteiger charge is 2.59. The van der Waals surface area contributed by atoms with Gasteiger partial charge in [0, 0.05) is 20.0 Å². The third-order valence-corrected chi connectivity index (χ3v) is 11.9. The largest absolute Gasteiger partial charge is 0.393 e. The summed E-state index contributed by atoms with van der Waals surface area (Å²) in [5.41, 5.74) is 1.82. The highest BCUT2D eigenvalue weighted by atomic mass is 16.7. The van der Waals surface area contributed by atoms with Crippen molar-refractivity contribution >= 4 is 5.78 Å². The molecule has 4 unspecified atom stereocenters. The molecule has 0 heterocycles. The van der Waals surface area contributed by atoms with Crippen molar-refractivity contribution in [1.82, 2.24) is 5.06 Å². The molecule has 224 valence electrons. The molecular weight excluding hydrogens is 482 g/mol. The Balaban J connectivity index is 1.22. The Bertz CT molecular complexity index is 810. The van der Waals surface area contributed by atoms with Crippen molar-refractivity contribution in [3.63, 3.8) is 0 Å². The first kappa shape index (κ1) is 31.2. The van der Waals surface area contributed by atoms with Crippen LogP contribution in [0.15, 0.2) is 11.6 Å². The zero-order valence-corrected chi connectivity index (χ0v) is 26.0. The van der Waals surface area contributed by atoms with Gasteiger partial charge in [0.15, 0.2) is 5.78 Å². The van der Waals surface area contributed by atoms with Gasteiger partial charge in [-0.15, -0.1) is 0 Å².